The summed E-state index contributed by atoms with van der Waals surface area (Å²) in [7, 11) is 0. The number of pyridine rings is 1. The summed E-state index contributed by atoms with van der Waals surface area (Å²) in [6.07, 6.45) is 2.54. The van der Waals surface area contributed by atoms with E-state index < -0.39 is 6.36 Å². The van der Waals surface area contributed by atoms with Crippen LogP contribution in [0.4, 0.5) is 19.2 Å². The fourth-order valence-electron chi connectivity index (χ4n) is 6.03. The fraction of sp³-hybridized carbons (Fsp3) is 0.414. The van der Waals surface area contributed by atoms with Crippen LogP contribution in [0, 0.1) is 0 Å². The van der Waals surface area contributed by atoms with E-state index in [4.69, 9.17) is 13.7 Å². The molecule has 2 saturated heterocycles. The largest absolute Gasteiger partial charge is 0.573 e. The molecule has 3 aromatic heterocycles. The number of para-hydroxylation sites is 1. The maximum Gasteiger partial charge on any atom is 0.573 e. The Morgan fingerprint density at radius 1 is 1.02 bits per heavy atom. The zero-order valence-electron chi connectivity index (χ0n) is 22.3. The molecular formula is C29H26F3N5O5. The van der Waals surface area contributed by atoms with Crippen molar-refractivity contribution in [2.45, 2.75) is 75.6 Å². The van der Waals surface area contributed by atoms with E-state index in [-0.39, 0.29) is 42.0 Å². The molecule has 2 unspecified atom stereocenters. The van der Waals surface area contributed by atoms with Crippen LogP contribution in [0.1, 0.15) is 66.3 Å². The highest BCUT2D eigenvalue weighted by molar-refractivity contribution is 5.72. The van der Waals surface area contributed by atoms with Crippen molar-refractivity contribution in [2.24, 2.45) is 0 Å². The zero-order chi connectivity index (χ0) is 28.8. The van der Waals surface area contributed by atoms with E-state index in [9.17, 15) is 18.0 Å². The Morgan fingerprint density at radius 3 is 2.50 bits per heavy atom. The van der Waals surface area contributed by atoms with Crippen LogP contribution in [0.2, 0.25) is 0 Å². The van der Waals surface area contributed by atoms with Crippen molar-refractivity contribution in [1.29, 1.82) is 0 Å². The van der Waals surface area contributed by atoms with E-state index in [1.807, 2.05) is 0 Å². The number of carbonyl (C=O) groups excluding carboxylic acids is 1. The molecule has 1 aromatic carbocycles. The summed E-state index contributed by atoms with van der Waals surface area (Å²) in [4.78, 5) is 17.1. The van der Waals surface area contributed by atoms with Crippen molar-refractivity contribution >= 4 is 12.3 Å². The molecule has 7 rings (SSSR count). The quantitative estimate of drug-likeness (QED) is 0.215. The molecule has 0 spiro atoms. The maximum absolute atomic E-state index is 13.1. The van der Waals surface area contributed by atoms with Gasteiger partial charge in [0.25, 0.3) is 5.89 Å². The Balaban J connectivity index is 1.07. The van der Waals surface area contributed by atoms with Gasteiger partial charge in [-0.3, -0.25) is 9.78 Å². The highest BCUT2D eigenvalue weighted by atomic mass is 19.4. The van der Waals surface area contributed by atoms with Crippen LogP contribution in [0.15, 0.2) is 51.5 Å². The molecule has 1 saturated carbocycles. The molecule has 3 aliphatic rings. The molecule has 0 amide bonds. The summed E-state index contributed by atoms with van der Waals surface area (Å²) in [5, 5.41) is 12.6. The smallest absolute Gasteiger partial charge is 0.405 e. The zero-order valence-corrected chi connectivity index (χ0v) is 22.3. The van der Waals surface area contributed by atoms with Crippen molar-refractivity contribution < 1.29 is 36.4 Å². The highest BCUT2D eigenvalue weighted by Crippen LogP contribution is 2.46. The summed E-state index contributed by atoms with van der Waals surface area (Å²) >= 11 is 0. The van der Waals surface area contributed by atoms with Gasteiger partial charge >= 0.3 is 12.4 Å². The van der Waals surface area contributed by atoms with Crippen LogP contribution >= 0.6 is 0 Å². The van der Waals surface area contributed by atoms with Gasteiger partial charge in [-0.2, -0.15) is 0 Å². The lowest BCUT2D eigenvalue weighted by Gasteiger charge is -2.37. The van der Waals surface area contributed by atoms with E-state index in [1.165, 1.54) is 18.3 Å². The third kappa shape index (κ3) is 5.24. The van der Waals surface area contributed by atoms with Gasteiger partial charge in [0.15, 0.2) is 6.29 Å². The average molecular weight is 582 g/mol. The number of ether oxygens (including phenoxy) is 2. The van der Waals surface area contributed by atoms with Gasteiger partial charge in [0.1, 0.15) is 22.9 Å². The molecule has 10 nitrogen and oxygen atoms in total. The molecule has 0 N–H and O–H groups in total. The lowest BCUT2D eigenvalue weighted by Crippen LogP contribution is -2.45. The standard InChI is InChI=1S/C29H26F3N5O5/c30-29(31,32)41-24-4-2-1-3-22(24)25-23(26(42-36-25)16-5-6-16)15-39-21-11-19-9-10-20(12-21)37(19)28-35-34-27(40-28)17-7-8-18(14-38)33-13-17/h1-4,7-8,13-14,16,19-21H,5-6,9-12,15H2. The predicted molar refractivity (Wildman–Crippen MR) is 141 cm³/mol. The number of hydrogen-bond donors (Lipinski definition) is 0. The molecule has 1 aliphatic carbocycles. The minimum absolute atomic E-state index is 0.0716. The first-order valence-corrected chi connectivity index (χ1v) is 13.8. The van der Waals surface area contributed by atoms with Crippen molar-refractivity contribution in [1.82, 2.24) is 20.3 Å². The number of rotatable bonds is 9. The third-order valence-electron chi connectivity index (χ3n) is 8.08. The van der Waals surface area contributed by atoms with Crippen LogP contribution in [-0.2, 0) is 11.3 Å². The molecule has 218 valence electrons. The molecule has 4 aromatic rings. The molecule has 3 fully saturated rings. The van der Waals surface area contributed by atoms with Crippen molar-refractivity contribution in [3.8, 4) is 28.5 Å². The Morgan fingerprint density at radius 2 is 1.81 bits per heavy atom. The molecule has 13 heteroatoms. The Hall–Kier alpha value is -4.26. The van der Waals surface area contributed by atoms with Crippen molar-refractivity contribution in [3.63, 3.8) is 0 Å². The fourth-order valence-corrected chi connectivity index (χ4v) is 6.03. The first-order chi connectivity index (χ1) is 20.4. The summed E-state index contributed by atoms with van der Waals surface area (Å²) in [5.74, 6) is 0.856. The number of piperidine rings is 1. The van der Waals surface area contributed by atoms with E-state index in [2.05, 4.69) is 30.0 Å². The van der Waals surface area contributed by atoms with E-state index in [1.54, 1.807) is 24.3 Å². The van der Waals surface area contributed by atoms with E-state index in [0.717, 1.165) is 38.5 Å². The first-order valence-electron chi connectivity index (χ1n) is 13.8. The second-order valence-corrected chi connectivity index (χ2v) is 10.9. The highest BCUT2D eigenvalue weighted by Gasteiger charge is 2.44. The van der Waals surface area contributed by atoms with Crippen LogP contribution in [0.3, 0.4) is 0 Å². The van der Waals surface area contributed by atoms with Gasteiger partial charge in [-0.25, -0.2) is 0 Å². The van der Waals surface area contributed by atoms with Gasteiger partial charge in [0.05, 0.1) is 18.3 Å². The number of aldehydes is 1. The molecule has 0 radical (unpaired) electrons. The van der Waals surface area contributed by atoms with Gasteiger partial charge < -0.3 is 23.3 Å². The number of anilines is 1. The SMILES string of the molecule is O=Cc1ccc(-c2nnc(N3C4CCC3CC(OCc3c(-c5ccccc5OC(F)(F)F)noc3C3CC3)C4)o2)cn1. The summed E-state index contributed by atoms with van der Waals surface area (Å²) in [5.41, 5.74) is 2.14. The topological polar surface area (TPSA) is 117 Å². The van der Waals surface area contributed by atoms with Gasteiger partial charge in [0.2, 0.25) is 0 Å². The van der Waals surface area contributed by atoms with Gasteiger partial charge in [0, 0.05) is 35.3 Å². The monoisotopic (exact) mass is 581 g/mol. The maximum atomic E-state index is 13.1. The Labute approximate surface area is 237 Å². The van der Waals surface area contributed by atoms with Crippen LogP contribution in [0.25, 0.3) is 22.7 Å². The van der Waals surface area contributed by atoms with Crippen molar-refractivity contribution in [3.05, 3.63) is 59.6 Å². The third-order valence-corrected chi connectivity index (χ3v) is 8.08. The molecular weight excluding hydrogens is 555 g/mol. The number of hydrogen-bond acceptors (Lipinski definition) is 10. The Kier molecular flexibility index (Phi) is 6.68. The molecule has 2 aliphatic heterocycles. The lowest BCUT2D eigenvalue weighted by molar-refractivity contribution is -0.274. The number of carbonyl (C=O) groups is 1. The summed E-state index contributed by atoms with van der Waals surface area (Å²) in [6.45, 7) is 0.170. The predicted octanol–water partition coefficient (Wildman–Crippen LogP) is 6.09. The molecule has 2 atom stereocenters. The van der Waals surface area contributed by atoms with Crippen LogP contribution in [0.5, 0.6) is 5.75 Å². The summed E-state index contributed by atoms with van der Waals surface area (Å²) in [6, 6.07) is 9.97. The number of benzene rings is 1. The number of aromatic nitrogens is 4. The molecule has 2 bridgehead atoms. The van der Waals surface area contributed by atoms with Gasteiger partial charge in [-0.05, 0) is 62.8 Å². The normalized spacial score (nSPS) is 22.0. The van der Waals surface area contributed by atoms with E-state index in [0.29, 0.717) is 46.5 Å². The first kappa shape index (κ1) is 26.6. The second-order valence-electron chi connectivity index (χ2n) is 10.9. The number of nitrogens with zero attached hydrogens (tertiary/aromatic N) is 5. The number of halogens is 3. The average Bonchev–Trinajstić information content (AvgIpc) is 3.44. The summed E-state index contributed by atoms with van der Waals surface area (Å²) < 4.78 is 61.7. The Bertz CT molecular complexity index is 1570. The van der Waals surface area contributed by atoms with Crippen molar-refractivity contribution in [2.75, 3.05) is 4.90 Å². The van der Waals surface area contributed by atoms with Crippen LogP contribution in [-0.4, -0.2) is 51.2 Å². The van der Waals surface area contributed by atoms with E-state index >= 15 is 0 Å². The minimum Gasteiger partial charge on any atom is -0.405 e. The second kappa shape index (κ2) is 10.5. The van der Waals surface area contributed by atoms with Gasteiger partial charge in [-0.15, -0.1) is 18.3 Å². The van der Waals surface area contributed by atoms with Crippen LogP contribution < -0.4 is 9.64 Å². The molecule has 42 heavy (non-hydrogen) atoms. The molecule has 5 heterocycles. The minimum atomic E-state index is -4.83. The number of alkyl halides is 3. The number of fused-ring (bicyclic) bond motifs is 2. The lowest BCUT2D eigenvalue weighted by atomic mass is 9.99. The van der Waals surface area contributed by atoms with Gasteiger partial charge in [-0.1, -0.05) is 22.4 Å².